The van der Waals surface area contributed by atoms with E-state index in [2.05, 4.69) is 15.3 Å². The van der Waals surface area contributed by atoms with Gasteiger partial charge in [-0.05, 0) is 76.7 Å². The molecule has 2 aromatic rings. The van der Waals surface area contributed by atoms with Crippen LogP contribution in [0.1, 0.15) is 72.9 Å². The summed E-state index contributed by atoms with van der Waals surface area (Å²) in [5, 5.41) is 8.40. The largest absolute Gasteiger partial charge is 0.367 e. The van der Waals surface area contributed by atoms with Gasteiger partial charge in [0.15, 0.2) is 0 Å². The van der Waals surface area contributed by atoms with Gasteiger partial charge in [-0.3, -0.25) is 4.79 Å². The SMILES string of the molecule is Cc1nc2c(c(NC3CCC(n4nc5c(cc4=O)CCC5)CC3)n1)CCC2. The highest BCUT2D eigenvalue weighted by Gasteiger charge is 2.27. The molecule has 0 amide bonds. The molecule has 6 heteroatoms. The molecule has 1 fully saturated rings. The molecule has 5 rings (SSSR count). The van der Waals surface area contributed by atoms with E-state index in [9.17, 15) is 4.79 Å². The van der Waals surface area contributed by atoms with Gasteiger partial charge >= 0.3 is 0 Å². The van der Waals surface area contributed by atoms with Gasteiger partial charge in [-0.2, -0.15) is 5.10 Å². The van der Waals surface area contributed by atoms with Crippen LogP contribution < -0.4 is 10.9 Å². The Bertz CT molecular complexity index is 927. The fourth-order valence-corrected chi connectivity index (χ4v) is 5.01. The maximum absolute atomic E-state index is 12.5. The number of anilines is 1. The van der Waals surface area contributed by atoms with Gasteiger partial charge in [0.05, 0.1) is 11.7 Å². The van der Waals surface area contributed by atoms with Gasteiger partial charge in [0.25, 0.3) is 5.56 Å². The summed E-state index contributed by atoms with van der Waals surface area (Å²) < 4.78 is 1.77. The summed E-state index contributed by atoms with van der Waals surface area (Å²) in [5.41, 5.74) is 4.93. The molecular weight excluding hydrogens is 338 g/mol. The maximum atomic E-state index is 12.5. The number of hydrogen-bond donors (Lipinski definition) is 1. The van der Waals surface area contributed by atoms with Crippen LogP contribution >= 0.6 is 0 Å². The predicted octanol–water partition coefficient (Wildman–Crippen LogP) is 2.91. The zero-order valence-electron chi connectivity index (χ0n) is 16.0. The van der Waals surface area contributed by atoms with Gasteiger partial charge in [0.2, 0.25) is 0 Å². The molecular formula is C21H27N5O. The lowest BCUT2D eigenvalue weighted by Gasteiger charge is -2.30. The molecule has 0 spiro atoms. The number of aromatic nitrogens is 4. The molecule has 0 bridgehead atoms. The Balaban J connectivity index is 1.28. The fourth-order valence-electron chi connectivity index (χ4n) is 5.01. The molecule has 142 valence electrons. The van der Waals surface area contributed by atoms with Crippen molar-refractivity contribution in [1.82, 2.24) is 19.7 Å². The van der Waals surface area contributed by atoms with E-state index in [-0.39, 0.29) is 11.6 Å². The average molecular weight is 365 g/mol. The average Bonchev–Trinajstić information content (AvgIpc) is 3.30. The molecule has 1 saturated carbocycles. The van der Waals surface area contributed by atoms with Crippen molar-refractivity contribution in [2.24, 2.45) is 0 Å². The molecule has 2 aromatic heterocycles. The molecule has 6 nitrogen and oxygen atoms in total. The van der Waals surface area contributed by atoms with E-state index in [1.54, 1.807) is 4.68 Å². The first-order chi connectivity index (χ1) is 13.2. The topological polar surface area (TPSA) is 72.7 Å². The van der Waals surface area contributed by atoms with E-state index in [1.807, 2.05) is 13.0 Å². The standard InChI is InChI=1S/C21H27N5O/c1-13-22-19-7-3-5-17(19)21(23-13)24-15-8-10-16(11-9-15)26-20(27)12-14-4-2-6-18(14)25-26/h12,15-16H,2-11H2,1H3,(H,22,23,24). The number of nitrogens with one attached hydrogen (secondary N) is 1. The van der Waals surface area contributed by atoms with Gasteiger partial charge in [-0.25, -0.2) is 14.6 Å². The Hall–Kier alpha value is -2.24. The van der Waals surface area contributed by atoms with Gasteiger partial charge in [0, 0.05) is 23.4 Å². The summed E-state index contributed by atoms with van der Waals surface area (Å²) in [7, 11) is 0. The second kappa shape index (κ2) is 6.73. The fraction of sp³-hybridized carbons (Fsp3) is 0.619. The van der Waals surface area contributed by atoms with Crippen LogP contribution in [0.15, 0.2) is 10.9 Å². The van der Waals surface area contributed by atoms with Crippen molar-refractivity contribution in [3.05, 3.63) is 44.8 Å². The van der Waals surface area contributed by atoms with Crippen molar-refractivity contribution < 1.29 is 0 Å². The molecule has 0 radical (unpaired) electrons. The first kappa shape index (κ1) is 16.9. The zero-order valence-corrected chi connectivity index (χ0v) is 16.0. The van der Waals surface area contributed by atoms with Gasteiger partial charge < -0.3 is 5.32 Å². The number of fused-ring (bicyclic) bond motifs is 2. The number of aryl methyl sites for hydroxylation is 4. The van der Waals surface area contributed by atoms with Crippen molar-refractivity contribution >= 4 is 5.82 Å². The highest BCUT2D eigenvalue weighted by atomic mass is 16.1. The Kier molecular flexibility index (Phi) is 4.21. The van der Waals surface area contributed by atoms with Crippen LogP contribution in [-0.4, -0.2) is 25.8 Å². The van der Waals surface area contributed by atoms with Crippen LogP contribution in [0.2, 0.25) is 0 Å². The monoisotopic (exact) mass is 365 g/mol. The van der Waals surface area contributed by atoms with Crippen molar-refractivity contribution in [2.45, 2.75) is 83.2 Å². The Labute approximate surface area is 159 Å². The van der Waals surface area contributed by atoms with Crippen LogP contribution in [0, 0.1) is 6.92 Å². The molecule has 0 aliphatic heterocycles. The first-order valence-electron chi connectivity index (χ1n) is 10.4. The molecule has 3 aliphatic carbocycles. The van der Waals surface area contributed by atoms with Crippen molar-refractivity contribution in [3.63, 3.8) is 0 Å². The minimum Gasteiger partial charge on any atom is -0.367 e. The van der Waals surface area contributed by atoms with Crippen LogP contribution in [0.25, 0.3) is 0 Å². The molecule has 2 heterocycles. The van der Waals surface area contributed by atoms with Crippen LogP contribution in [0.3, 0.4) is 0 Å². The molecule has 27 heavy (non-hydrogen) atoms. The number of hydrogen-bond acceptors (Lipinski definition) is 5. The summed E-state index contributed by atoms with van der Waals surface area (Å²) in [5.74, 6) is 1.91. The summed E-state index contributed by atoms with van der Waals surface area (Å²) in [4.78, 5) is 21.8. The van der Waals surface area contributed by atoms with E-state index < -0.39 is 0 Å². The molecule has 0 saturated heterocycles. The molecule has 0 aromatic carbocycles. The normalized spacial score (nSPS) is 23.9. The third kappa shape index (κ3) is 3.15. The van der Waals surface area contributed by atoms with Crippen molar-refractivity contribution in [1.29, 1.82) is 0 Å². The van der Waals surface area contributed by atoms with Crippen molar-refractivity contribution in [3.8, 4) is 0 Å². The zero-order chi connectivity index (χ0) is 18.4. The number of rotatable bonds is 3. The van der Waals surface area contributed by atoms with E-state index >= 15 is 0 Å². The van der Waals surface area contributed by atoms with Gasteiger partial charge in [-0.1, -0.05) is 0 Å². The minimum absolute atomic E-state index is 0.0799. The quantitative estimate of drug-likeness (QED) is 0.905. The Morgan fingerprint density at radius 1 is 1.00 bits per heavy atom. The molecule has 1 N–H and O–H groups in total. The lowest BCUT2D eigenvalue weighted by atomic mass is 9.91. The summed E-state index contributed by atoms with van der Waals surface area (Å²) in [6.07, 6.45) is 10.6. The Morgan fingerprint density at radius 2 is 1.78 bits per heavy atom. The van der Waals surface area contributed by atoms with E-state index in [4.69, 9.17) is 5.10 Å². The van der Waals surface area contributed by atoms with Crippen LogP contribution in [0.5, 0.6) is 0 Å². The minimum atomic E-state index is 0.0799. The summed E-state index contributed by atoms with van der Waals surface area (Å²) >= 11 is 0. The lowest BCUT2D eigenvalue weighted by molar-refractivity contribution is 0.301. The lowest BCUT2D eigenvalue weighted by Crippen LogP contribution is -2.34. The summed E-state index contributed by atoms with van der Waals surface area (Å²) in [6, 6.07) is 2.48. The van der Waals surface area contributed by atoms with Gasteiger partial charge in [-0.15, -0.1) is 0 Å². The van der Waals surface area contributed by atoms with E-state index in [0.717, 1.165) is 75.1 Å². The summed E-state index contributed by atoms with van der Waals surface area (Å²) in [6.45, 7) is 1.98. The van der Waals surface area contributed by atoms with Crippen LogP contribution in [0.4, 0.5) is 5.82 Å². The molecule has 3 aliphatic rings. The van der Waals surface area contributed by atoms with Crippen molar-refractivity contribution in [2.75, 3.05) is 5.32 Å². The van der Waals surface area contributed by atoms with E-state index in [1.165, 1.54) is 23.2 Å². The maximum Gasteiger partial charge on any atom is 0.267 e. The van der Waals surface area contributed by atoms with E-state index in [0.29, 0.717) is 6.04 Å². The highest BCUT2D eigenvalue weighted by molar-refractivity contribution is 5.49. The molecule has 0 atom stereocenters. The third-order valence-electron chi connectivity index (χ3n) is 6.41. The smallest absolute Gasteiger partial charge is 0.267 e. The number of nitrogens with zero attached hydrogens (tertiary/aromatic N) is 4. The molecule has 0 unspecified atom stereocenters. The van der Waals surface area contributed by atoms with Crippen LogP contribution in [-0.2, 0) is 25.7 Å². The third-order valence-corrected chi connectivity index (χ3v) is 6.41. The predicted molar refractivity (Wildman–Crippen MR) is 104 cm³/mol. The highest BCUT2D eigenvalue weighted by Crippen LogP contribution is 2.32. The second-order valence-corrected chi connectivity index (χ2v) is 8.30. The Morgan fingerprint density at radius 3 is 2.63 bits per heavy atom. The van der Waals surface area contributed by atoms with Gasteiger partial charge in [0.1, 0.15) is 11.6 Å². The first-order valence-corrected chi connectivity index (χ1v) is 10.4. The second-order valence-electron chi connectivity index (χ2n) is 8.30.